The summed E-state index contributed by atoms with van der Waals surface area (Å²) >= 11 is 0. The summed E-state index contributed by atoms with van der Waals surface area (Å²) in [5, 5.41) is 19.9. The van der Waals surface area contributed by atoms with Crippen LogP contribution in [0.3, 0.4) is 0 Å². The predicted octanol–water partition coefficient (Wildman–Crippen LogP) is -1.48. The molecule has 0 heterocycles. The monoisotopic (exact) mass is 380 g/mol. The van der Waals surface area contributed by atoms with Gasteiger partial charge < -0.3 is 21.1 Å². The van der Waals surface area contributed by atoms with E-state index in [9.17, 15) is 28.0 Å². The minimum absolute atomic E-state index is 0. The quantitative estimate of drug-likeness (QED) is 0.244. The summed E-state index contributed by atoms with van der Waals surface area (Å²) in [6.45, 7) is 0. The SMILES string of the molecule is COC1(OC)C=C(O)C(C(=O)c2ccccc2O)C=C1S(=O)(=O)O.[H-].[Na+]. The zero-order chi connectivity index (χ0) is 18.1. The van der Waals surface area contributed by atoms with Crippen LogP contribution in [0.5, 0.6) is 5.75 Å². The topological polar surface area (TPSA) is 130 Å². The molecule has 8 nitrogen and oxygen atoms in total. The molecule has 1 aromatic carbocycles. The number of aliphatic hydroxyl groups is 1. The van der Waals surface area contributed by atoms with Crippen LogP contribution in [0.15, 0.2) is 47.1 Å². The van der Waals surface area contributed by atoms with Gasteiger partial charge in [-0.1, -0.05) is 12.1 Å². The van der Waals surface area contributed by atoms with Gasteiger partial charge in [0.25, 0.3) is 10.1 Å². The van der Waals surface area contributed by atoms with Crippen LogP contribution in [-0.2, 0) is 19.6 Å². The molecule has 2 rings (SSSR count). The van der Waals surface area contributed by atoms with Crippen molar-refractivity contribution < 1.29 is 68.4 Å². The first-order chi connectivity index (χ1) is 11.2. The largest absolute Gasteiger partial charge is 1.00 e. The number of hydrogen-bond acceptors (Lipinski definition) is 7. The number of ketones is 1. The van der Waals surface area contributed by atoms with Crippen LogP contribution in [0.4, 0.5) is 0 Å². The van der Waals surface area contributed by atoms with E-state index >= 15 is 0 Å². The van der Waals surface area contributed by atoms with Crippen molar-refractivity contribution in [1.29, 1.82) is 0 Å². The number of aliphatic hydroxyl groups excluding tert-OH is 1. The number of carbonyl (C=O) groups excluding carboxylic acids is 1. The summed E-state index contributed by atoms with van der Waals surface area (Å²) in [5.74, 6) is -5.13. The van der Waals surface area contributed by atoms with Gasteiger partial charge in [0.15, 0.2) is 5.78 Å². The second kappa shape index (κ2) is 8.00. The maximum Gasteiger partial charge on any atom is 1.00 e. The van der Waals surface area contributed by atoms with Gasteiger partial charge in [-0.2, -0.15) is 8.42 Å². The third-order valence-electron chi connectivity index (χ3n) is 3.65. The van der Waals surface area contributed by atoms with Crippen LogP contribution in [0.1, 0.15) is 11.8 Å². The van der Waals surface area contributed by atoms with E-state index in [0.717, 1.165) is 26.4 Å². The molecule has 0 fully saturated rings. The van der Waals surface area contributed by atoms with Gasteiger partial charge in [0.1, 0.15) is 16.4 Å². The Morgan fingerprint density at radius 2 is 1.76 bits per heavy atom. The molecule has 132 valence electrons. The molecule has 25 heavy (non-hydrogen) atoms. The van der Waals surface area contributed by atoms with Crippen LogP contribution < -0.4 is 29.6 Å². The number of phenols is 1. The number of para-hydroxylation sites is 1. The molecule has 0 saturated carbocycles. The van der Waals surface area contributed by atoms with Crippen LogP contribution in [0, 0.1) is 5.92 Å². The number of rotatable bonds is 5. The Hall–Kier alpha value is -1.20. The molecule has 1 aliphatic rings. The van der Waals surface area contributed by atoms with Gasteiger partial charge >= 0.3 is 29.6 Å². The van der Waals surface area contributed by atoms with E-state index < -0.39 is 38.3 Å². The summed E-state index contributed by atoms with van der Waals surface area (Å²) in [5.41, 5.74) is -0.115. The normalized spacial score (nSPS) is 19.4. The molecule has 0 amide bonds. The summed E-state index contributed by atoms with van der Waals surface area (Å²) in [6.07, 6.45) is 1.70. The standard InChI is InChI=1S/C15H16O8S.Na.H/c1-22-15(23-2)8-12(17)10(7-13(15)24(19,20)21)14(18)9-5-3-4-6-11(9)16;;/h3-8,10,16-17H,1-2H3,(H,19,20,21);;/q;+1;-1. The third kappa shape index (κ3) is 4.14. The third-order valence-corrected chi connectivity index (χ3v) is 4.63. The second-order valence-corrected chi connectivity index (χ2v) is 6.40. The molecular formula is C15H17NaO8S. The van der Waals surface area contributed by atoms with Crippen molar-refractivity contribution in [2.75, 3.05) is 14.2 Å². The Labute approximate surface area is 168 Å². The number of phenolic OH excluding ortho intramolecular Hbond substituents is 1. The molecule has 0 radical (unpaired) electrons. The van der Waals surface area contributed by atoms with E-state index in [2.05, 4.69) is 0 Å². The maximum atomic E-state index is 12.5. The summed E-state index contributed by atoms with van der Waals surface area (Å²) < 4.78 is 42.7. The van der Waals surface area contributed by atoms with Gasteiger partial charge in [-0.3, -0.25) is 9.35 Å². The van der Waals surface area contributed by atoms with E-state index in [-0.39, 0.29) is 42.3 Å². The van der Waals surface area contributed by atoms with Crippen molar-refractivity contribution in [3.8, 4) is 5.75 Å². The minimum atomic E-state index is -4.80. The predicted molar refractivity (Wildman–Crippen MR) is 84.1 cm³/mol. The Kier molecular flexibility index (Phi) is 6.99. The van der Waals surface area contributed by atoms with Crippen molar-refractivity contribution in [2.45, 2.75) is 5.79 Å². The molecule has 10 heteroatoms. The Morgan fingerprint density at radius 3 is 2.24 bits per heavy atom. The summed E-state index contributed by atoms with van der Waals surface area (Å²) in [6, 6.07) is 5.60. The van der Waals surface area contributed by atoms with Crippen LogP contribution >= 0.6 is 0 Å². The fraction of sp³-hybridized carbons (Fsp3) is 0.267. The van der Waals surface area contributed by atoms with Gasteiger partial charge in [0.2, 0.25) is 5.79 Å². The molecule has 1 aliphatic carbocycles. The molecule has 1 unspecified atom stereocenters. The number of benzene rings is 1. The minimum Gasteiger partial charge on any atom is -1.00 e. The van der Waals surface area contributed by atoms with Gasteiger partial charge in [-0.15, -0.1) is 0 Å². The molecule has 0 saturated heterocycles. The first kappa shape index (κ1) is 21.8. The number of allylic oxidation sites excluding steroid dienone is 1. The Morgan fingerprint density at radius 1 is 1.20 bits per heavy atom. The van der Waals surface area contributed by atoms with Gasteiger partial charge in [-0.05, 0) is 18.2 Å². The van der Waals surface area contributed by atoms with Crippen molar-refractivity contribution in [3.63, 3.8) is 0 Å². The number of aromatic hydroxyl groups is 1. The van der Waals surface area contributed by atoms with Gasteiger partial charge in [-0.25, -0.2) is 0 Å². The second-order valence-electron chi connectivity index (χ2n) is 5.01. The van der Waals surface area contributed by atoms with E-state index in [0.29, 0.717) is 0 Å². The Balaban J connectivity index is 0.00000312. The van der Waals surface area contributed by atoms with Crippen molar-refractivity contribution >= 4 is 15.9 Å². The first-order valence-electron chi connectivity index (χ1n) is 6.70. The molecule has 1 atom stereocenters. The molecule has 0 aliphatic heterocycles. The maximum absolute atomic E-state index is 12.5. The zero-order valence-electron chi connectivity index (χ0n) is 14.8. The molecule has 3 N–H and O–H groups in total. The number of ether oxygens (including phenoxy) is 2. The van der Waals surface area contributed by atoms with Crippen LogP contribution in [0.2, 0.25) is 0 Å². The summed E-state index contributed by atoms with van der Waals surface area (Å²) in [7, 11) is -2.58. The van der Waals surface area contributed by atoms with Gasteiger partial charge in [0.05, 0.1) is 11.5 Å². The molecule has 0 spiro atoms. The van der Waals surface area contributed by atoms with Crippen molar-refractivity contribution in [2.24, 2.45) is 5.92 Å². The molecule has 0 aromatic heterocycles. The van der Waals surface area contributed by atoms with E-state index in [1.165, 1.54) is 24.3 Å². The number of Topliss-reactive ketones (excluding diaryl/α,β-unsaturated/α-hetero) is 1. The first-order valence-corrected chi connectivity index (χ1v) is 8.14. The smallest absolute Gasteiger partial charge is 1.00 e. The van der Waals surface area contributed by atoms with Crippen LogP contribution in [-0.4, -0.2) is 49.0 Å². The zero-order valence-corrected chi connectivity index (χ0v) is 16.6. The van der Waals surface area contributed by atoms with Gasteiger partial charge in [0, 0.05) is 20.3 Å². The average molecular weight is 380 g/mol. The Bertz CT molecular complexity index is 830. The van der Waals surface area contributed by atoms with Crippen molar-refractivity contribution in [3.05, 3.63) is 52.6 Å². The van der Waals surface area contributed by atoms with E-state index in [1.807, 2.05) is 0 Å². The van der Waals surface area contributed by atoms with Crippen LogP contribution in [0.25, 0.3) is 0 Å². The van der Waals surface area contributed by atoms with E-state index in [1.54, 1.807) is 0 Å². The van der Waals surface area contributed by atoms with Crippen molar-refractivity contribution in [1.82, 2.24) is 0 Å². The average Bonchev–Trinajstić information content (AvgIpc) is 2.53. The summed E-state index contributed by atoms with van der Waals surface area (Å²) in [4.78, 5) is 11.8. The fourth-order valence-electron chi connectivity index (χ4n) is 2.44. The molecule has 0 bridgehead atoms. The van der Waals surface area contributed by atoms with E-state index in [4.69, 9.17) is 9.47 Å². The number of carbonyl (C=O) groups is 1. The fourth-order valence-corrected chi connectivity index (χ4v) is 3.33. The molecule has 1 aromatic rings. The number of hydrogen-bond donors (Lipinski definition) is 3. The number of methoxy groups -OCH3 is 2. The molecular weight excluding hydrogens is 363 g/mol.